The highest BCUT2D eigenvalue weighted by Gasteiger charge is 2.05. The zero-order valence-electron chi connectivity index (χ0n) is 13.7. The van der Waals surface area contributed by atoms with Crippen LogP contribution in [0.1, 0.15) is 17.5 Å². The summed E-state index contributed by atoms with van der Waals surface area (Å²) in [7, 11) is 1.44. The van der Waals surface area contributed by atoms with Crippen molar-refractivity contribution in [2.75, 3.05) is 7.11 Å². The molecule has 0 unspecified atom stereocenters. The summed E-state index contributed by atoms with van der Waals surface area (Å²) in [5, 5.41) is 18.7. The highest BCUT2D eigenvalue weighted by molar-refractivity contribution is 6.10. The lowest BCUT2D eigenvalue weighted by atomic mass is 10.1. The van der Waals surface area contributed by atoms with Gasteiger partial charge < -0.3 is 14.9 Å². The number of phenolic OH excluding ortho intramolecular Hbond substituents is 2. The van der Waals surface area contributed by atoms with Crippen molar-refractivity contribution in [3.63, 3.8) is 0 Å². The average Bonchev–Trinajstić information content (AvgIpc) is 2.60. The van der Waals surface area contributed by atoms with Gasteiger partial charge in [-0.25, -0.2) is 0 Å². The fourth-order valence-electron chi connectivity index (χ4n) is 2.05. The number of aromatic hydroxyl groups is 2. The maximum Gasteiger partial charge on any atom is 0.163 e. The summed E-state index contributed by atoms with van der Waals surface area (Å²) in [6.07, 6.45) is 5.56. The Morgan fingerprint density at radius 2 is 1.48 bits per heavy atom. The van der Waals surface area contributed by atoms with Crippen molar-refractivity contribution >= 4 is 23.7 Å². The van der Waals surface area contributed by atoms with Crippen molar-refractivity contribution in [1.82, 2.24) is 0 Å². The molecule has 25 heavy (non-hydrogen) atoms. The van der Waals surface area contributed by atoms with E-state index in [0.717, 1.165) is 5.56 Å². The molecule has 128 valence electrons. The van der Waals surface area contributed by atoms with Crippen LogP contribution in [-0.2, 0) is 9.59 Å². The molecule has 0 heterocycles. The summed E-state index contributed by atoms with van der Waals surface area (Å²) in [5.74, 6) is -0.170. The van der Waals surface area contributed by atoms with Crippen molar-refractivity contribution in [2.24, 2.45) is 0 Å². The fraction of sp³-hybridized carbons (Fsp3) is 0.100. The van der Waals surface area contributed by atoms with Gasteiger partial charge in [0.05, 0.1) is 13.5 Å². The van der Waals surface area contributed by atoms with E-state index in [-0.39, 0.29) is 29.5 Å². The molecular formula is C20H18O5. The highest BCUT2D eigenvalue weighted by Crippen LogP contribution is 2.26. The molecule has 2 aromatic rings. The second kappa shape index (κ2) is 8.49. The van der Waals surface area contributed by atoms with Gasteiger partial charge in [0.1, 0.15) is 5.75 Å². The number of ether oxygens (including phenoxy) is 1. The van der Waals surface area contributed by atoms with Crippen LogP contribution in [-0.4, -0.2) is 28.9 Å². The van der Waals surface area contributed by atoms with E-state index in [2.05, 4.69) is 0 Å². The van der Waals surface area contributed by atoms with Gasteiger partial charge in [-0.1, -0.05) is 30.4 Å². The summed E-state index contributed by atoms with van der Waals surface area (Å²) in [4.78, 5) is 23.7. The number of hydrogen-bond acceptors (Lipinski definition) is 5. The van der Waals surface area contributed by atoms with Crippen LogP contribution in [0.25, 0.3) is 12.2 Å². The number of rotatable bonds is 7. The quantitative estimate of drug-likeness (QED) is 0.597. The maximum absolute atomic E-state index is 11.8. The number of allylic oxidation sites excluding steroid dienone is 2. The first-order chi connectivity index (χ1) is 12.0. The van der Waals surface area contributed by atoms with Crippen LogP contribution in [0.15, 0.2) is 54.6 Å². The molecule has 2 aromatic carbocycles. The van der Waals surface area contributed by atoms with E-state index in [4.69, 9.17) is 4.74 Å². The SMILES string of the molecule is COc1cc(C=CC(=O)CC(=O)/C=C/c2ccc(O)cc2)ccc1O. The number of benzene rings is 2. The first-order valence-corrected chi connectivity index (χ1v) is 7.56. The molecule has 2 N–H and O–H groups in total. The Morgan fingerprint density at radius 3 is 2.08 bits per heavy atom. The van der Waals surface area contributed by atoms with Gasteiger partial charge in [0.25, 0.3) is 0 Å². The minimum Gasteiger partial charge on any atom is -0.508 e. The third-order valence-corrected chi connectivity index (χ3v) is 3.37. The molecule has 0 aliphatic carbocycles. The van der Waals surface area contributed by atoms with E-state index in [0.29, 0.717) is 11.3 Å². The molecule has 5 nitrogen and oxygen atoms in total. The summed E-state index contributed by atoms with van der Waals surface area (Å²) < 4.78 is 4.99. The molecule has 0 fully saturated rings. The van der Waals surface area contributed by atoms with Gasteiger partial charge in [0.15, 0.2) is 23.1 Å². The van der Waals surface area contributed by atoms with Crippen molar-refractivity contribution < 1.29 is 24.5 Å². The number of carbonyl (C=O) groups excluding carboxylic acids is 2. The maximum atomic E-state index is 11.8. The lowest BCUT2D eigenvalue weighted by Crippen LogP contribution is -2.01. The third kappa shape index (κ3) is 5.66. The predicted octanol–water partition coefficient (Wildman–Crippen LogP) is 3.36. The molecule has 0 spiro atoms. The average molecular weight is 338 g/mol. The Labute approximate surface area is 145 Å². The van der Waals surface area contributed by atoms with Crippen molar-refractivity contribution in [3.8, 4) is 17.2 Å². The minimum absolute atomic E-state index is 0.0144. The monoisotopic (exact) mass is 338 g/mol. The fourth-order valence-corrected chi connectivity index (χ4v) is 2.05. The second-order valence-corrected chi connectivity index (χ2v) is 5.30. The van der Waals surface area contributed by atoms with Gasteiger partial charge >= 0.3 is 0 Å². The zero-order chi connectivity index (χ0) is 18.2. The number of hydrogen-bond donors (Lipinski definition) is 2. The van der Waals surface area contributed by atoms with Crippen molar-refractivity contribution in [1.29, 1.82) is 0 Å². The van der Waals surface area contributed by atoms with Gasteiger partial charge in [-0.2, -0.15) is 0 Å². The normalized spacial score (nSPS) is 11.1. The predicted molar refractivity (Wildman–Crippen MR) is 95.5 cm³/mol. The van der Waals surface area contributed by atoms with Gasteiger partial charge in [-0.3, -0.25) is 9.59 Å². The first kappa shape index (κ1) is 18.0. The van der Waals surface area contributed by atoms with Crippen molar-refractivity contribution in [3.05, 3.63) is 65.7 Å². The number of carbonyl (C=O) groups is 2. The Bertz CT molecular complexity index is 816. The lowest BCUT2D eigenvalue weighted by molar-refractivity contribution is -0.121. The van der Waals surface area contributed by atoms with Gasteiger partial charge in [-0.05, 0) is 47.5 Å². The largest absolute Gasteiger partial charge is 0.508 e. The van der Waals surface area contributed by atoms with Gasteiger partial charge in [-0.15, -0.1) is 0 Å². The Kier molecular flexibility index (Phi) is 6.12. The second-order valence-electron chi connectivity index (χ2n) is 5.30. The highest BCUT2D eigenvalue weighted by atomic mass is 16.5. The summed E-state index contributed by atoms with van der Waals surface area (Å²) in [6.45, 7) is 0. The van der Waals surface area contributed by atoms with Crippen molar-refractivity contribution in [2.45, 2.75) is 6.42 Å². The lowest BCUT2D eigenvalue weighted by Gasteiger charge is -2.03. The summed E-state index contributed by atoms with van der Waals surface area (Å²) >= 11 is 0. The first-order valence-electron chi connectivity index (χ1n) is 7.56. The van der Waals surface area contributed by atoms with E-state index in [9.17, 15) is 19.8 Å². The van der Waals surface area contributed by atoms with Crippen LogP contribution in [0, 0.1) is 0 Å². The van der Waals surface area contributed by atoms with Gasteiger partial charge in [0.2, 0.25) is 0 Å². The molecule has 0 aliphatic heterocycles. The number of phenols is 2. The molecule has 0 amide bonds. The van der Waals surface area contributed by atoms with E-state index in [1.54, 1.807) is 36.4 Å². The number of ketones is 2. The van der Waals surface area contributed by atoms with Gasteiger partial charge in [0, 0.05) is 0 Å². The van der Waals surface area contributed by atoms with E-state index in [1.165, 1.54) is 37.5 Å². The van der Waals surface area contributed by atoms with Crippen LogP contribution < -0.4 is 4.74 Å². The molecule has 0 atom stereocenters. The molecular weight excluding hydrogens is 320 g/mol. The van der Waals surface area contributed by atoms with E-state index in [1.807, 2.05) is 0 Å². The molecule has 0 saturated carbocycles. The third-order valence-electron chi connectivity index (χ3n) is 3.37. The van der Waals surface area contributed by atoms with E-state index < -0.39 is 0 Å². The van der Waals surface area contributed by atoms with E-state index >= 15 is 0 Å². The van der Waals surface area contributed by atoms with Crippen LogP contribution in [0.4, 0.5) is 0 Å². The smallest absolute Gasteiger partial charge is 0.163 e. The summed E-state index contributed by atoms with van der Waals surface area (Å²) in [5.41, 5.74) is 1.43. The standard InChI is InChI=1S/C20H18O5/c1-25-20-12-15(6-11-19(20)24)5-10-18(23)13-17(22)9-4-14-2-7-16(21)8-3-14/h2-12,21,24H,13H2,1H3/b9-4+,10-5?. The van der Waals surface area contributed by atoms with Crippen LogP contribution in [0.2, 0.25) is 0 Å². The Hall–Kier alpha value is -3.34. The Balaban J connectivity index is 1.92. The van der Waals surface area contributed by atoms with Crippen LogP contribution in [0.3, 0.4) is 0 Å². The number of methoxy groups -OCH3 is 1. The molecule has 5 heteroatoms. The molecule has 2 rings (SSSR count). The molecule has 0 radical (unpaired) electrons. The molecule has 0 aromatic heterocycles. The molecule has 0 aliphatic rings. The minimum atomic E-state index is -0.326. The Morgan fingerprint density at radius 1 is 0.920 bits per heavy atom. The molecule has 0 bridgehead atoms. The molecule has 0 saturated heterocycles. The van der Waals surface area contributed by atoms with Crippen LogP contribution >= 0.6 is 0 Å². The zero-order valence-corrected chi connectivity index (χ0v) is 13.7. The summed E-state index contributed by atoms with van der Waals surface area (Å²) in [6, 6.07) is 11.1. The van der Waals surface area contributed by atoms with Crippen LogP contribution in [0.5, 0.6) is 17.2 Å². The topological polar surface area (TPSA) is 83.8 Å².